The Labute approximate surface area is 143 Å². The van der Waals surface area contributed by atoms with Gasteiger partial charge in [0.05, 0.1) is 24.2 Å². The summed E-state index contributed by atoms with van der Waals surface area (Å²) >= 11 is 0. The molecule has 4 rings (SSSR count). The van der Waals surface area contributed by atoms with Gasteiger partial charge < -0.3 is 9.47 Å². The number of benzene rings is 1. The molecule has 0 radical (unpaired) electrons. The van der Waals surface area contributed by atoms with Crippen molar-refractivity contribution in [3.8, 4) is 0 Å². The second kappa shape index (κ2) is 5.80. The summed E-state index contributed by atoms with van der Waals surface area (Å²) in [4.78, 5) is 0.227. The maximum Gasteiger partial charge on any atom is 0.297 e. The third-order valence-electron chi connectivity index (χ3n) is 5.84. The van der Waals surface area contributed by atoms with Crippen LogP contribution in [0.3, 0.4) is 0 Å². The SMILES string of the molecule is Cc1ccc(S(=O)(=O)O[C@H]2[C@H]3CCC4(OCCO4)[C@H]3C[C@H]2C)cc1. The molecular weight excluding hydrogens is 328 g/mol. The van der Waals surface area contributed by atoms with Crippen molar-refractivity contribution in [2.24, 2.45) is 17.8 Å². The predicted molar refractivity (Wildman–Crippen MR) is 87.9 cm³/mol. The molecule has 2 aliphatic carbocycles. The number of hydrogen-bond donors (Lipinski definition) is 0. The first kappa shape index (κ1) is 16.5. The fourth-order valence-electron chi connectivity index (χ4n) is 4.69. The van der Waals surface area contributed by atoms with Crippen LogP contribution in [0, 0.1) is 24.7 Å². The topological polar surface area (TPSA) is 61.8 Å². The molecule has 0 N–H and O–H groups in total. The predicted octanol–water partition coefficient (Wildman–Crippen LogP) is 2.88. The van der Waals surface area contributed by atoms with Crippen LogP contribution >= 0.6 is 0 Å². The molecule has 1 aromatic rings. The van der Waals surface area contributed by atoms with Crippen molar-refractivity contribution >= 4 is 10.1 Å². The Morgan fingerprint density at radius 1 is 1.17 bits per heavy atom. The smallest absolute Gasteiger partial charge is 0.297 e. The normalized spacial score (nSPS) is 34.8. The first-order valence-electron chi connectivity index (χ1n) is 8.69. The third kappa shape index (κ3) is 2.60. The zero-order valence-corrected chi connectivity index (χ0v) is 14.9. The van der Waals surface area contributed by atoms with Gasteiger partial charge in [0, 0.05) is 12.3 Å². The van der Waals surface area contributed by atoms with Crippen LogP contribution in [0.1, 0.15) is 31.7 Å². The second-order valence-corrected chi connectivity index (χ2v) is 8.93. The lowest BCUT2D eigenvalue weighted by Gasteiger charge is -2.28. The summed E-state index contributed by atoms with van der Waals surface area (Å²) < 4.78 is 42.9. The van der Waals surface area contributed by atoms with Crippen LogP contribution in [-0.4, -0.2) is 33.5 Å². The average Bonchev–Trinajstić information content (AvgIpc) is 3.22. The highest BCUT2D eigenvalue weighted by molar-refractivity contribution is 7.86. The van der Waals surface area contributed by atoms with Crippen molar-refractivity contribution in [3.05, 3.63) is 29.8 Å². The van der Waals surface area contributed by atoms with E-state index in [4.69, 9.17) is 13.7 Å². The molecule has 5 nitrogen and oxygen atoms in total. The number of fused-ring (bicyclic) bond motifs is 2. The highest BCUT2D eigenvalue weighted by atomic mass is 32.2. The summed E-state index contributed by atoms with van der Waals surface area (Å²) in [7, 11) is -3.75. The standard InChI is InChI=1S/C18H24O5S/c1-12-3-5-14(6-4-12)24(19,20)23-17-13(2)11-16-15(17)7-8-18(16)21-9-10-22-18/h3-6,13,15-17H,7-11H2,1-2H3/t13-,15+,16+,17-/m1/s1. The quantitative estimate of drug-likeness (QED) is 0.783. The zero-order chi connectivity index (χ0) is 16.9. The number of aryl methyl sites for hydroxylation is 1. The molecule has 132 valence electrons. The van der Waals surface area contributed by atoms with Crippen LogP contribution < -0.4 is 0 Å². The van der Waals surface area contributed by atoms with Crippen molar-refractivity contribution in [2.45, 2.75) is 49.9 Å². The Kier molecular flexibility index (Phi) is 3.99. The number of rotatable bonds is 3. The number of ether oxygens (including phenoxy) is 2. The highest BCUT2D eigenvalue weighted by Gasteiger charge is 2.60. The van der Waals surface area contributed by atoms with Crippen molar-refractivity contribution in [1.82, 2.24) is 0 Å². The van der Waals surface area contributed by atoms with E-state index in [0.717, 1.165) is 24.8 Å². The van der Waals surface area contributed by atoms with E-state index >= 15 is 0 Å². The lowest BCUT2D eigenvalue weighted by Crippen LogP contribution is -2.35. The number of hydrogen-bond acceptors (Lipinski definition) is 5. The zero-order valence-electron chi connectivity index (χ0n) is 14.1. The first-order chi connectivity index (χ1) is 11.4. The van der Waals surface area contributed by atoms with Crippen molar-refractivity contribution < 1.29 is 22.1 Å². The van der Waals surface area contributed by atoms with Gasteiger partial charge in [-0.3, -0.25) is 4.18 Å². The van der Waals surface area contributed by atoms with E-state index in [2.05, 4.69) is 6.92 Å². The Bertz CT molecular complexity index is 705. The monoisotopic (exact) mass is 352 g/mol. The van der Waals surface area contributed by atoms with Crippen LogP contribution in [0.4, 0.5) is 0 Å². The van der Waals surface area contributed by atoms with Gasteiger partial charge in [0.15, 0.2) is 5.79 Å². The van der Waals surface area contributed by atoms with E-state index in [1.807, 2.05) is 6.92 Å². The van der Waals surface area contributed by atoms with Gasteiger partial charge >= 0.3 is 0 Å². The van der Waals surface area contributed by atoms with Gasteiger partial charge in [0.2, 0.25) is 0 Å². The summed E-state index contributed by atoms with van der Waals surface area (Å²) in [5.41, 5.74) is 1.02. The molecule has 2 saturated carbocycles. The summed E-state index contributed by atoms with van der Waals surface area (Å²) in [6, 6.07) is 6.81. The minimum atomic E-state index is -3.75. The third-order valence-corrected chi connectivity index (χ3v) is 7.17. The molecule has 6 heteroatoms. The maximum absolute atomic E-state index is 12.7. The molecule has 1 heterocycles. The molecule has 0 amide bonds. The lowest BCUT2D eigenvalue weighted by molar-refractivity contribution is -0.184. The molecule has 0 bridgehead atoms. The van der Waals surface area contributed by atoms with Gasteiger partial charge in [-0.1, -0.05) is 24.6 Å². The Hall–Kier alpha value is -0.950. The van der Waals surface area contributed by atoms with E-state index in [0.29, 0.717) is 13.2 Å². The molecule has 4 atom stereocenters. The van der Waals surface area contributed by atoms with Gasteiger partial charge in [-0.15, -0.1) is 0 Å². The van der Waals surface area contributed by atoms with Crippen LogP contribution in [0.2, 0.25) is 0 Å². The van der Waals surface area contributed by atoms with Gasteiger partial charge in [-0.2, -0.15) is 8.42 Å². The molecule has 24 heavy (non-hydrogen) atoms. The minimum Gasteiger partial charge on any atom is -0.347 e. The van der Waals surface area contributed by atoms with Crippen LogP contribution in [0.15, 0.2) is 29.2 Å². The van der Waals surface area contributed by atoms with E-state index < -0.39 is 15.9 Å². The fraction of sp³-hybridized carbons (Fsp3) is 0.667. The van der Waals surface area contributed by atoms with Crippen LogP contribution in [-0.2, 0) is 23.8 Å². The molecule has 1 saturated heterocycles. The van der Waals surface area contributed by atoms with E-state index in [1.165, 1.54) is 0 Å². The first-order valence-corrected chi connectivity index (χ1v) is 10.1. The lowest BCUT2D eigenvalue weighted by atomic mass is 9.96. The molecule has 3 aliphatic rings. The average molecular weight is 352 g/mol. The van der Waals surface area contributed by atoms with Crippen molar-refractivity contribution in [2.75, 3.05) is 13.2 Å². The molecule has 1 aliphatic heterocycles. The van der Waals surface area contributed by atoms with E-state index in [1.54, 1.807) is 24.3 Å². The molecule has 1 aromatic carbocycles. The maximum atomic E-state index is 12.7. The van der Waals surface area contributed by atoms with Gasteiger partial charge in [-0.05, 0) is 43.7 Å². The fourth-order valence-corrected chi connectivity index (χ4v) is 5.89. The van der Waals surface area contributed by atoms with E-state index in [9.17, 15) is 8.42 Å². The van der Waals surface area contributed by atoms with Gasteiger partial charge in [0.25, 0.3) is 10.1 Å². The van der Waals surface area contributed by atoms with Crippen LogP contribution in [0.25, 0.3) is 0 Å². The summed E-state index contributed by atoms with van der Waals surface area (Å²) in [6.07, 6.45) is 2.31. The molecule has 0 aromatic heterocycles. The molecule has 3 fully saturated rings. The Morgan fingerprint density at radius 3 is 2.50 bits per heavy atom. The summed E-state index contributed by atoms with van der Waals surface area (Å²) in [6.45, 7) is 5.26. The van der Waals surface area contributed by atoms with Gasteiger partial charge in [-0.25, -0.2) is 0 Å². The highest BCUT2D eigenvalue weighted by Crippen LogP contribution is 2.56. The largest absolute Gasteiger partial charge is 0.347 e. The molecule has 0 unspecified atom stereocenters. The van der Waals surface area contributed by atoms with Crippen molar-refractivity contribution in [1.29, 1.82) is 0 Å². The second-order valence-electron chi connectivity index (χ2n) is 7.36. The molecular formula is C18H24O5S. The van der Waals surface area contributed by atoms with E-state index in [-0.39, 0.29) is 28.8 Å². The minimum absolute atomic E-state index is 0.171. The Balaban J connectivity index is 1.55. The van der Waals surface area contributed by atoms with Crippen molar-refractivity contribution in [3.63, 3.8) is 0 Å². The van der Waals surface area contributed by atoms with Crippen LogP contribution in [0.5, 0.6) is 0 Å². The van der Waals surface area contributed by atoms with Gasteiger partial charge in [0.1, 0.15) is 0 Å². The molecule has 1 spiro atoms. The summed E-state index contributed by atoms with van der Waals surface area (Å²) in [5, 5.41) is 0. The Morgan fingerprint density at radius 2 is 1.83 bits per heavy atom. The summed E-state index contributed by atoms with van der Waals surface area (Å²) in [5.74, 6) is 0.0849.